The summed E-state index contributed by atoms with van der Waals surface area (Å²) in [4.78, 5) is 46.3. The lowest BCUT2D eigenvalue weighted by atomic mass is 10.1. The number of Topliss-reactive ketones (excluding diaryl/α,β-unsaturated/α-hetero) is 1. The lowest BCUT2D eigenvalue weighted by Crippen LogP contribution is -2.30. The summed E-state index contributed by atoms with van der Waals surface area (Å²) in [6.07, 6.45) is 1.36. The molecule has 0 aliphatic carbocycles. The molecule has 1 aliphatic heterocycles. The van der Waals surface area contributed by atoms with Crippen LogP contribution in [0.25, 0.3) is 0 Å². The number of halogens is 2. The standard InChI is InChI=1S/C13H10Cl2N4O4/c14-9-2-1-8(3-10(9)15)11(21)4-18(7-20)6-16-19-5-12(22)17-13(19)23/h1-3,6-7H,4-5H2,(H,17,22,23)/b16-6+. The molecule has 4 amide bonds. The second kappa shape index (κ2) is 7.21. The molecular weight excluding hydrogens is 347 g/mol. The number of hydrogen-bond acceptors (Lipinski definition) is 5. The molecule has 0 unspecified atom stereocenters. The van der Waals surface area contributed by atoms with Crippen LogP contribution >= 0.6 is 23.2 Å². The summed E-state index contributed by atoms with van der Waals surface area (Å²) in [6, 6.07) is 3.63. The molecule has 8 nitrogen and oxygen atoms in total. The summed E-state index contributed by atoms with van der Waals surface area (Å²) >= 11 is 11.6. The molecule has 1 fully saturated rings. The summed E-state index contributed by atoms with van der Waals surface area (Å²) < 4.78 is 0. The fraction of sp³-hybridized carbons (Fsp3) is 0.154. The number of urea groups is 1. The van der Waals surface area contributed by atoms with Crippen LogP contribution in [0.1, 0.15) is 10.4 Å². The van der Waals surface area contributed by atoms with Crippen molar-refractivity contribution in [1.82, 2.24) is 15.2 Å². The van der Waals surface area contributed by atoms with Gasteiger partial charge in [0.05, 0.1) is 16.6 Å². The quantitative estimate of drug-likeness (QED) is 0.271. The van der Waals surface area contributed by atoms with Gasteiger partial charge in [-0.2, -0.15) is 5.10 Å². The van der Waals surface area contributed by atoms with Gasteiger partial charge in [-0.25, -0.2) is 9.80 Å². The Labute approximate surface area is 140 Å². The zero-order valence-corrected chi connectivity index (χ0v) is 13.0. The maximum absolute atomic E-state index is 12.1. The molecular formula is C13H10Cl2N4O4. The molecule has 1 N–H and O–H groups in total. The minimum absolute atomic E-state index is 0.219. The monoisotopic (exact) mass is 356 g/mol. The van der Waals surface area contributed by atoms with E-state index in [2.05, 4.69) is 5.10 Å². The van der Waals surface area contributed by atoms with Gasteiger partial charge in [0.15, 0.2) is 5.78 Å². The predicted molar refractivity (Wildman–Crippen MR) is 82.3 cm³/mol. The van der Waals surface area contributed by atoms with E-state index in [1.807, 2.05) is 5.32 Å². The second-order valence-electron chi connectivity index (χ2n) is 4.47. The number of ketones is 1. The highest BCUT2D eigenvalue weighted by Crippen LogP contribution is 2.22. The zero-order valence-electron chi connectivity index (χ0n) is 11.5. The summed E-state index contributed by atoms with van der Waals surface area (Å²) in [5.74, 6) is -0.902. The summed E-state index contributed by atoms with van der Waals surface area (Å²) in [6.45, 7) is -0.558. The van der Waals surface area contributed by atoms with Gasteiger partial charge in [0.2, 0.25) is 12.3 Å². The van der Waals surface area contributed by atoms with E-state index >= 15 is 0 Å². The smallest absolute Gasteiger partial charge is 0.296 e. The van der Waals surface area contributed by atoms with Gasteiger partial charge in [-0.05, 0) is 18.2 Å². The van der Waals surface area contributed by atoms with Crippen LogP contribution in [-0.2, 0) is 9.59 Å². The Morgan fingerprint density at radius 2 is 2.09 bits per heavy atom. The van der Waals surface area contributed by atoms with E-state index in [1.165, 1.54) is 18.2 Å². The molecule has 1 aromatic carbocycles. The number of carbonyl (C=O) groups excluding carboxylic acids is 4. The van der Waals surface area contributed by atoms with Crippen molar-refractivity contribution in [3.05, 3.63) is 33.8 Å². The van der Waals surface area contributed by atoms with Crippen LogP contribution in [0.2, 0.25) is 10.0 Å². The van der Waals surface area contributed by atoms with Crippen molar-refractivity contribution in [3.8, 4) is 0 Å². The molecule has 0 spiro atoms. The number of carbonyl (C=O) groups is 4. The first kappa shape index (κ1) is 16.9. The van der Waals surface area contributed by atoms with E-state index in [0.717, 1.165) is 16.2 Å². The SMILES string of the molecule is O=CN(/C=N/N1CC(=O)NC1=O)CC(=O)c1ccc(Cl)c(Cl)c1. The van der Waals surface area contributed by atoms with Crippen molar-refractivity contribution in [1.29, 1.82) is 0 Å². The Bertz CT molecular complexity index is 707. The maximum Gasteiger partial charge on any atom is 0.345 e. The van der Waals surface area contributed by atoms with Gasteiger partial charge >= 0.3 is 6.03 Å². The van der Waals surface area contributed by atoms with Gasteiger partial charge in [-0.1, -0.05) is 23.2 Å². The fourth-order valence-corrected chi connectivity index (χ4v) is 1.98. The average Bonchev–Trinajstić information content (AvgIpc) is 2.83. The van der Waals surface area contributed by atoms with Crippen molar-refractivity contribution in [2.75, 3.05) is 13.1 Å². The van der Waals surface area contributed by atoms with Crippen LogP contribution in [0.3, 0.4) is 0 Å². The third kappa shape index (κ3) is 4.27. The minimum atomic E-state index is -0.701. The molecule has 120 valence electrons. The van der Waals surface area contributed by atoms with Crippen molar-refractivity contribution < 1.29 is 19.2 Å². The number of rotatable bonds is 6. The van der Waals surface area contributed by atoms with Crippen LogP contribution in [0.4, 0.5) is 4.79 Å². The van der Waals surface area contributed by atoms with Crippen LogP contribution in [-0.4, -0.2) is 53.5 Å². The molecule has 1 aliphatic rings. The second-order valence-corrected chi connectivity index (χ2v) is 5.29. The molecule has 0 atom stereocenters. The fourth-order valence-electron chi connectivity index (χ4n) is 1.69. The Morgan fingerprint density at radius 1 is 1.35 bits per heavy atom. The van der Waals surface area contributed by atoms with Gasteiger partial charge < -0.3 is 0 Å². The molecule has 0 radical (unpaired) electrons. The van der Waals surface area contributed by atoms with E-state index < -0.39 is 17.7 Å². The Morgan fingerprint density at radius 3 is 2.65 bits per heavy atom. The lowest BCUT2D eigenvalue weighted by molar-refractivity contribution is -0.118. The van der Waals surface area contributed by atoms with Crippen LogP contribution in [0.5, 0.6) is 0 Å². The topological polar surface area (TPSA) is 99.2 Å². The maximum atomic E-state index is 12.1. The molecule has 1 saturated heterocycles. The number of hydrazone groups is 1. The predicted octanol–water partition coefficient (Wildman–Crippen LogP) is 1.13. The van der Waals surface area contributed by atoms with Crippen molar-refractivity contribution in [2.24, 2.45) is 5.10 Å². The van der Waals surface area contributed by atoms with Crippen LogP contribution < -0.4 is 5.32 Å². The number of nitrogens with one attached hydrogen (secondary N) is 1. The van der Waals surface area contributed by atoms with E-state index in [4.69, 9.17) is 23.2 Å². The Kier molecular flexibility index (Phi) is 5.30. The first-order valence-electron chi connectivity index (χ1n) is 6.25. The largest absolute Gasteiger partial charge is 0.345 e. The van der Waals surface area contributed by atoms with Gasteiger partial charge in [0.1, 0.15) is 12.9 Å². The molecule has 1 heterocycles. The zero-order chi connectivity index (χ0) is 17.0. The van der Waals surface area contributed by atoms with E-state index in [1.54, 1.807) is 0 Å². The van der Waals surface area contributed by atoms with Crippen molar-refractivity contribution >= 4 is 53.7 Å². The highest BCUT2D eigenvalue weighted by molar-refractivity contribution is 6.42. The molecule has 0 aromatic heterocycles. The van der Waals surface area contributed by atoms with Crippen LogP contribution in [0.15, 0.2) is 23.3 Å². The molecule has 0 saturated carbocycles. The number of hydrogen-bond donors (Lipinski definition) is 1. The average molecular weight is 357 g/mol. The third-order valence-electron chi connectivity index (χ3n) is 2.82. The van der Waals surface area contributed by atoms with E-state index in [0.29, 0.717) is 11.4 Å². The number of imide groups is 1. The highest BCUT2D eigenvalue weighted by Gasteiger charge is 2.26. The first-order valence-corrected chi connectivity index (χ1v) is 7.01. The van der Waals surface area contributed by atoms with E-state index in [-0.39, 0.29) is 23.7 Å². The summed E-state index contributed by atoms with van der Waals surface area (Å²) in [5.41, 5.74) is 0.272. The van der Waals surface area contributed by atoms with Crippen molar-refractivity contribution in [2.45, 2.75) is 0 Å². The third-order valence-corrected chi connectivity index (χ3v) is 3.56. The summed E-state index contributed by atoms with van der Waals surface area (Å²) in [7, 11) is 0. The van der Waals surface area contributed by atoms with Crippen LogP contribution in [0, 0.1) is 0 Å². The molecule has 0 bridgehead atoms. The molecule has 10 heteroatoms. The molecule has 23 heavy (non-hydrogen) atoms. The van der Waals surface area contributed by atoms with Gasteiger partial charge in [0, 0.05) is 5.56 Å². The molecule has 2 rings (SSSR count). The van der Waals surface area contributed by atoms with E-state index in [9.17, 15) is 19.2 Å². The van der Waals surface area contributed by atoms with Gasteiger partial charge in [-0.3, -0.25) is 24.6 Å². The highest BCUT2D eigenvalue weighted by atomic mass is 35.5. The summed E-state index contributed by atoms with van der Waals surface area (Å²) in [5, 5.41) is 7.06. The first-order chi connectivity index (χ1) is 10.9. The Hall–Kier alpha value is -2.45. The number of benzene rings is 1. The number of nitrogens with zero attached hydrogens (tertiary/aromatic N) is 3. The number of amides is 4. The normalized spacial score (nSPS) is 14.3. The van der Waals surface area contributed by atoms with Gasteiger partial charge in [-0.15, -0.1) is 0 Å². The lowest BCUT2D eigenvalue weighted by Gasteiger charge is -2.12. The molecule has 1 aromatic rings. The minimum Gasteiger partial charge on any atom is -0.296 e. The Balaban J connectivity index is 2.02. The van der Waals surface area contributed by atoms with Crippen molar-refractivity contribution in [3.63, 3.8) is 0 Å². The van der Waals surface area contributed by atoms with Gasteiger partial charge in [0.25, 0.3) is 0 Å².